The van der Waals surface area contributed by atoms with Crippen LogP contribution in [0, 0.1) is 64.2 Å². The van der Waals surface area contributed by atoms with E-state index in [4.69, 9.17) is 10.5 Å². The number of aromatic nitrogens is 2. The van der Waals surface area contributed by atoms with Crippen molar-refractivity contribution in [1.82, 2.24) is 19.8 Å². The van der Waals surface area contributed by atoms with E-state index in [0.29, 0.717) is 39.3 Å². The molecule has 0 aliphatic rings. The van der Waals surface area contributed by atoms with Gasteiger partial charge in [-0.2, -0.15) is 10.5 Å². The summed E-state index contributed by atoms with van der Waals surface area (Å²) in [6.45, 7) is 16.4. The number of nitrogens with zero attached hydrogens (tertiary/aromatic N) is 6. The van der Waals surface area contributed by atoms with Crippen molar-refractivity contribution in [2.75, 3.05) is 52.6 Å². The zero-order chi connectivity index (χ0) is 71.2. The minimum atomic E-state index is -1.12. The fraction of sp³-hybridized carbons (Fsp3) is 0.250. The number of hydrogen-bond acceptors (Lipinski definition) is 24. The Hall–Kier alpha value is -7.63. The number of carboxylic acids is 6. The maximum Gasteiger partial charge on any atom is 3.00 e. The maximum absolute atomic E-state index is 10.4. The second kappa shape index (κ2) is 68.5. The Morgan fingerprint density at radius 2 is 0.480 bits per heavy atom. The van der Waals surface area contributed by atoms with Crippen LogP contribution in [0.25, 0.3) is 0 Å². The number of rotatable bonds is 18. The normalized spacial score (nSPS) is 8.76. The zero-order valence-electron chi connectivity index (χ0n) is 57.0. The maximum atomic E-state index is 10.4. The summed E-state index contributed by atoms with van der Waals surface area (Å²) in [5, 5.41) is 118. The van der Waals surface area contributed by atoms with Gasteiger partial charge in [0.1, 0.15) is 0 Å². The molecule has 0 bridgehead atoms. The molecule has 0 spiro atoms. The van der Waals surface area contributed by atoms with Gasteiger partial charge in [-0.1, -0.05) is 191 Å². The molecular formula is C72H78Al2N6O18Y2. The van der Waals surface area contributed by atoms with Crippen LogP contribution in [0.1, 0.15) is 121 Å². The minimum Gasteiger partial charge on any atom is -0.870 e. The van der Waals surface area contributed by atoms with Gasteiger partial charge in [0.25, 0.3) is 0 Å². The standard InChI is InChI=1S/2C10H14N2O2.6C8H8O2.2C2H3N.2Al.2H2O.2Y/c2*13-7-5-12(6-8-14)9-10-3-1-2-4-11-10;6*1-6-2-4-7(5-3-6)8(9)10;2*1-2-3;;;;;;/h2*1-4H,5-9H2;6*2-5H,1H3,(H,9,10);2*1H3;;;2*1H2;;/q2*-2;;;;;;;;;2*+3;;;2*+3/p-8. The SMILES string of the molecule is CC#N.CC#N.Cc1ccc(C(=O)[O-])cc1.Cc1ccc(C(=O)[O-])cc1.Cc1ccc(C(=O)[O-])cc1.Cc1ccc(C(=O)[O-])cc1.Cc1ccc(C(=O)[O-])cc1.Cc1ccc(C(=O)[O-])cc1.[Al+3].[Al+3].[O-]CCN(CC[O-])Cc1ccccn1.[O-]CCN(CC[O-])Cc1ccccn1.[OH-].[OH-].[Y+3].[Y+3]. The van der Waals surface area contributed by atoms with E-state index in [1.54, 1.807) is 97.3 Å². The van der Waals surface area contributed by atoms with Gasteiger partial charge in [0.15, 0.2) is 0 Å². The summed E-state index contributed by atoms with van der Waals surface area (Å²) in [7, 11) is 0. The van der Waals surface area contributed by atoms with Crippen LogP contribution in [0.4, 0.5) is 0 Å². The number of aryl methyl sites for hydroxylation is 6. The van der Waals surface area contributed by atoms with Crippen molar-refractivity contribution in [2.24, 2.45) is 0 Å². The Balaban J connectivity index is -0.000000158. The first-order valence-electron chi connectivity index (χ1n) is 28.6. The third-order valence-corrected chi connectivity index (χ3v) is 11.6. The van der Waals surface area contributed by atoms with E-state index in [0.717, 1.165) is 44.8 Å². The fourth-order valence-corrected chi connectivity index (χ4v) is 6.64. The monoisotopic (exact) mass is 1550 g/mol. The molecule has 28 heteroatoms. The van der Waals surface area contributed by atoms with Crippen LogP contribution in [-0.2, 0) is 78.5 Å². The quantitative estimate of drug-likeness (QED) is 0.0958. The molecule has 0 saturated heterocycles. The van der Waals surface area contributed by atoms with E-state index in [-0.39, 0.29) is 171 Å². The second-order valence-electron chi connectivity index (χ2n) is 19.4. The Morgan fingerprint density at radius 1 is 0.330 bits per heavy atom. The van der Waals surface area contributed by atoms with Crippen molar-refractivity contribution in [3.05, 3.63) is 273 Å². The van der Waals surface area contributed by atoms with Crippen molar-refractivity contribution in [3.8, 4) is 12.1 Å². The molecule has 8 rings (SSSR count). The van der Waals surface area contributed by atoms with Gasteiger partial charge in [0, 0.05) is 39.3 Å². The summed E-state index contributed by atoms with van der Waals surface area (Å²) < 4.78 is 0. The molecule has 0 aliphatic carbocycles. The van der Waals surface area contributed by atoms with Crippen LogP contribution >= 0.6 is 0 Å². The number of carbonyl (C=O) groups is 6. The van der Waals surface area contributed by atoms with E-state index in [9.17, 15) is 79.8 Å². The Bertz CT molecular complexity index is 2960. The predicted octanol–water partition coefficient (Wildman–Crippen LogP) is -0.701. The van der Waals surface area contributed by atoms with Gasteiger partial charge in [0.2, 0.25) is 0 Å². The molecular weight excluding hydrogens is 1470 g/mol. The number of benzene rings is 6. The van der Waals surface area contributed by atoms with Crippen LogP contribution in [0.15, 0.2) is 194 Å². The van der Waals surface area contributed by atoms with Gasteiger partial charge in [-0.25, -0.2) is 0 Å². The van der Waals surface area contributed by atoms with Crippen LogP contribution in [-0.4, -0.2) is 154 Å². The number of carboxylic acid groups (broad SMARTS) is 6. The third-order valence-electron chi connectivity index (χ3n) is 11.6. The third kappa shape index (κ3) is 57.2. The number of aromatic carboxylic acids is 6. The Labute approximate surface area is 657 Å². The molecule has 0 saturated carbocycles. The van der Waals surface area contributed by atoms with Crippen LogP contribution in [0.5, 0.6) is 0 Å². The molecule has 2 N–H and O–H groups in total. The van der Waals surface area contributed by atoms with Crippen molar-refractivity contribution >= 4 is 70.5 Å². The molecule has 24 nitrogen and oxygen atoms in total. The molecule has 6 aromatic carbocycles. The molecule has 100 heavy (non-hydrogen) atoms. The summed E-state index contributed by atoms with van der Waals surface area (Å²) in [5.41, 5.74) is 9.44. The predicted molar refractivity (Wildman–Crippen MR) is 350 cm³/mol. The zero-order valence-corrected chi connectivity index (χ0v) is 65.0. The Morgan fingerprint density at radius 3 is 0.590 bits per heavy atom. The van der Waals surface area contributed by atoms with Crippen LogP contribution in [0.2, 0.25) is 0 Å². The topological polar surface area (TPSA) is 473 Å². The van der Waals surface area contributed by atoms with Crippen LogP contribution in [0.3, 0.4) is 0 Å². The minimum absolute atomic E-state index is 0. The molecule has 8 aromatic rings. The molecule has 2 aromatic heterocycles. The summed E-state index contributed by atoms with van der Waals surface area (Å²) in [4.78, 5) is 73.2. The molecule has 516 valence electrons. The van der Waals surface area contributed by atoms with Gasteiger partial charge in [-0.05, 0) is 125 Å². The Kier molecular flexibility index (Phi) is 74.2. The van der Waals surface area contributed by atoms with Gasteiger partial charge in [-0.3, -0.25) is 9.97 Å². The number of carbonyl (C=O) groups excluding carboxylic acids is 6. The van der Waals surface area contributed by atoms with Crippen LogP contribution < -0.4 is 51.1 Å². The number of nitriles is 2. The summed E-state index contributed by atoms with van der Waals surface area (Å²) in [6, 6.07) is 54.0. The largest absolute Gasteiger partial charge is 3.00 e. The number of pyridine rings is 2. The molecule has 0 aliphatic heterocycles. The molecule has 0 atom stereocenters. The van der Waals surface area contributed by atoms with Crippen molar-refractivity contribution < 1.29 is 156 Å². The summed E-state index contributed by atoms with van der Waals surface area (Å²) in [5.74, 6) is -6.75. The van der Waals surface area contributed by atoms with E-state index in [1.165, 1.54) is 86.6 Å². The van der Waals surface area contributed by atoms with Gasteiger partial charge in [0.05, 0.1) is 59.3 Å². The molecule has 0 amide bonds. The molecule has 0 unspecified atom stereocenters. The van der Waals surface area contributed by atoms with Crippen molar-refractivity contribution in [1.29, 1.82) is 10.5 Å². The van der Waals surface area contributed by atoms with E-state index in [1.807, 2.05) is 87.7 Å². The average Bonchev–Trinajstić information content (AvgIpc) is 1.05. The van der Waals surface area contributed by atoms with Gasteiger partial charge >= 0.3 is 100 Å². The van der Waals surface area contributed by atoms with E-state index < -0.39 is 35.8 Å². The second-order valence-corrected chi connectivity index (χ2v) is 19.4. The first kappa shape index (κ1) is 108. The van der Waals surface area contributed by atoms with E-state index >= 15 is 0 Å². The average molecular weight is 1550 g/mol. The van der Waals surface area contributed by atoms with Crippen molar-refractivity contribution in [2.45, 2.75) is 68.5 Å². The number of hydrogen-bond donors (Lipinski definition) is 0. The fourth-order valence-electron chi connectivity index (χ4n) is 6.64. The first-order valence-corrected chi connectivity index (χ1v) is 28.6. The van der Waals surface area contributed by atoms with Gasteiger partial charge < -0.3 is 101 Å². The smallest absolute Gasteiger partial charge is 0.870 e. The first-order chi connectivity index (χ1) is 44.7. The molecule has 2 heterocycles. The molecule has 0 fully saturated rings. The van der Waals surface area contributed by atoms with Crippen molar-refractivity contribution in [3.63, 3.8) is 0 Å². The van der Waals surface area contributed by atoms with Gasteiger partial charge in [-0.15, -0.1) is 26.4 Å². The summed E-state index contributed by atoms with van der Waals surface area (Å²) in [6.07, 6.45) is 3.42. The summed E-state index contributed by atoms with van der Waals surface area (Å²) >= 11 is 0. The molecule has 0 radical (unpaired) electrons. The van der Waals surface area contributed by atoms with E-state index in [2.05, 4.69) is 9.97 Å².